The van der Waals surface area contributed by atoms with Gasteiger partial charge in [0.25, 0.3) is 11.8 Å². The lowest BCUT2D eigenvalue weighted by Gasteiger charge is -2.28. The van der Waals surface area contributed by atoms with E-state index in [-0.39, 0.29) is 60.9 Å². The van der Waals surface area contributed by atoms with Crippen molar-refractivity contribution in [1.82, 2.24) is 20.9 Å². The lowest BCUT2D eigenvalue weighted by Crippen LogP contribution is -2.54. The maximum atomic E-state index is 13.3. The normalized spacial score (nSPS) is 20.4. The van der Waals surface area contributed by atoms with Gasteiger partial charge in [0.1, 0.15) is 30.3 Å². The van der Waals surface area contributed by atoms with E-state index in [0.717, 1.165) is 73.5 Å². The molecule has 4 aliphatic rings. The van der Waals surface area contributed by atoms with Crippen molar-refractivity contribution in [1.29, 1.82) is 0 Å². The van der Waals surface area contributed by atoms with Gasteiger partial charge in [-0.2, -0.15) is 0 Å². The molecule has 8 rings (SSSR count). The summed E-state index contributed by atoms with van der Waals surface area (Å²) in [6, 6.07) is 23.2. The van der Waals surface area contributed by atoms with Gasteiger partial charge in [0.15, 0.2) is 5.78 Å². The highest BCUT2D eigenvalue weighted by Crippen LogP contribution is 2.35. The highest BCUT2D eigenvalue weighted by atomic mass is 32.1. The van der Waals surface area contributed by atoms with Crippen LogP contribution in [0.15, 0.2) is 72.8 Å². The topological polar surface area (TPSA) is 162 Å². The number of Topliss-reactive ketones (excluding diaryl/α,β-unsaturated/α-hetero) is 1. The Balaban J connectivity index is 0.710. The van der Waals surface area contributed by atoms with E-state index in [4.69, 9.17) is 18.9 Å². The van der Waals surface area contributed by atoms with Gasteiger partial charge in [-0.05, 0) is 104 Å². The molecule has 3 aromatic carbocycles. The summed E-state index contributed by atoms with van der Waals surface area (Å²) in [7, 11) is 0. The molecular weight excluding hydrogens is 821 g/mol. The summed E-state index contributed by atoms with van der Waals surface area (Å²) >= 11 is 1.82. The zero-order valence-electron chi connectivity index (χ0n) is 36.0. The summed E-state index contributed by atoms with van der Waals surface area (Å²) in [6.45, 7) is 8.02. The Morgan fingerprint density at radius 3 is 2.57 bits per heavy atom. The minimum Gasteiger partial charge on any atom is -0.490 e. The molecule has 1 aromatic heterocycles. The summed E-state index contributed by atoms with van der Waals surface area (Å²) in [5, 5.41) is 9.16. The molecule has 1 aliphatic carbocycles. The number of benzene rings is 3. The molecule has 3 aliphatic heterocycles. The highest BCUT2D eigenvalue weighted by molar-refractivity contribution is 7.15. The molecule has 3 N–H and O–H groups in total. The SMILES string of the molecule is Cc1ccc(OC2CNC2)cc1C(=O)CCC[C@H](C)c1cccc(-c2ccc(CN[C@H]3CC[C@@H](OCCOCCOc4cccc5c4C(=O)N(C4CCC(=O)NC4=O)C5=O)C3)s2)c1. The van der Waals surface area contributed by atoms with Crippen molar-refractivity contribution in [3.8, 4) is 21.9 Å². The van der Waals surface area contributed by atoms with Gasteiger partial charge in [0.05, 0.1) is 37.1 Å². The number of thiophene rings is 1. The largest absolute Gasteiger partial charge is 0.490 e. The fourth-order valence-corrected chi connectivity index (χ4v) is 9.68. The number of nitrogens with zero attached hydrogens (tertiary/aromatic N) is 1. The van der Waals surface area contributed by atoms with Crippen LogP contribution in [0, 0.1) is 6.92 Å². The molecule has 4 atom stereocenters. The number of carbonyl (C=O) groups is 5. The van der Waals surface area contributed by atoms with Gasteiger partial charge in [-0.1, -0.05) is 43.3 Å². The van der Waals surface area contributed by atoms with E-state index >= 15 is 0 Å². The first-order valence-corrected chi connectivity index (χ1v) is 23.0. The van der Waals surface area contributed by atoms with Gasteiger partial charge in [0.2, 0.25) is 11.8 Å². The van der Waals surface area contributed by atoms with Crippen LogP contribution in [0.25, 0.3) is 10.4 Å². The van der Waals surface area contributed by atoms with E-state index in [1.807, 2.05) is 36.5 Å². The number of hydrogen-bond acceptors (Lipinski definition) is 12. The third-order valence-corrected chi connectivity index (χ3v) is 13.6. The van der Waals surface area contributed by atoms with Gasteiger partial charge in [0, 0.05) is 53.8 Å². The van der Waals surface area contributed by atoms with Gasteiger partial charge >= 0.3 is 0 Å². The minimum atomic E-state index is -1.03. The van der Waals surface area contributed by atoms with Crippen molar-refractivity contribution in [2.75, 3.05) is 39.5 Å². The number of imide groups is 2. The molecule has 0 spiro atoms. The van der Waals surface area contributed by atoms with E-state index < -0.39 is 29.7 Å². The number of aryl methyl sites for hydroxylation is 1. The standard InChI is InChI=1S/C49H56N4O9S/c1-30(6-3-10-42(54)40-26-36(14-12-31(40)2)62-37-27-50-28-37)32-7-4-8-33(24-32)44-18-16-38(63-44)29-51-34-13-15-35(25-34)60-22-20-59-21-23-61-43-11-5-9-39-46(43)49(58)53(48(39)57)41-17-19-45(55)52-47(41)56/h4-5,7-9,11-12,14,16,18,24,26,30,34-35,37,41,50-51H,3,6,10,13,15,17,19-23,25,27-29H2,1-2H3,(H,52,55,56)/t30-,34-,35+,41?/m0/s1. The fraction of sp³-hybridized carbons (Fsp3) is 0.449. The predicted molar refractivity (Wildman–Crippen MR) is 238 cm³/mol. The smallest absolute Gasteiger partial charge is 0.266 e. The molecule has 13 nitrogen and oxygen atoms in total. The number of ketones is 1. The molecule has 3 fully saturated rings. The summed E-state index contributed by atoms with van der Waals surface area (Å²) in [5.41, 5.74) is 4.56. The van der Waals surface area contributed by atoms with Crippen molar-refractivity contribution in [2.24, 2.45) is 0 Å². The maximum absolute atomic E-state index is 13.3. The molecule has 332 valence electrons. The maximum Gasteiger partial charge on any atom is 0.266 e. The van der Waals surface area contributed by atoms with Crippen LogP contribution in [0.3, 0.4) is 0 Å². The Morgan fingerprint density at radius 2 is 1.75 bits per heavy atom. The lowest BCUT2D eigenvalue weighted by atomic mass is 9.92. The first kappa shape index (κ1) is 44.4. The van der Waals surface area contributed by atoms with Crippen LogP contribution in [0.4, 0.5) is 0 Å². The zero-order valence-corrected chi connectivity index (χ0v) is 36.8. The Labute approximate surface area is 372 Å². The number of fused-ring (bicyclic) bond motifs is 1. The zero-order chi connectivity index (χ0) is 43.9. The van der Waals surface area contributed by atoms with Crippen LogP contribution in [0.1, 0.15) is 111 Å². The molecular formula is C49H56N4O9S. The third-order valence-electron chi connectivity index (χ3n) is 12.4. The second-order valence-electron chi connectivity index (χ2n) is 17.0. The Morgan fingerprint density at radius 1 is 0.905 bits per heavy atom. The second-order valence-corrected chi connectivity index (χ2v) is 18.1. The molecule has 4 amide bonds. The number of hydrogen-bond donors (Lipinski definition) is 3. The minimum absolute atomic E-state index is 0.0573. The quantitative estimate of drug-likeness (QED) is 0.0461. The van der Waals surface area contributed by atoms with E-state index in [2.05, 4.69) is 59.3 Å². The van der Waals surface area contributed by atoms with Crippen LogP contribution < -0.4 is 25.4 Å². The molecule has 0 radical (unpaired) electrons. The number of amides is 4. The molecule has 4 aromatic rings. The van der Waals surface area contributed by atoms with Crippen LogP contribution in [-0.2, 0) is 25.6 Å². The van der Waals surface area contributed by atoms with E-state index in [0.29, 0.717) is 31.6 Å². The summed E-state index contributed by atoms with van der Waals surface area (Å²) in [5.74, 6) is -0.712. The van der Waals surface area contributed by atoms with E-state index in [9.17, 15) is 24.0 Å². The van der Waals surface area contributed by atoms with Gasteiger partial charge < -0.3 is 29.6 Å². The summed E-state index contributed by atoms with van der Waals surface area (Å²) < 4.78 is 23.7. The van der Waals surface area contributed by atoms with Crippen LogP contribution in [0.2, 0.25) is 0 Å². The summed E-state index contributed by atoms with van der Waals surface area (Å²) in [6.07, 6.45) is 5.75. The number of rotatable bonds is 21. The average molecular weight is 877 g/mol. The van der Waals surface area contributed by atoms with Crippen molar-refractivity contribution in [3.05, 3.63) is 105 Å². The molecule has 0 bridgehead atoms. The molecule has 1 saturated carbocycles. The molecule has 1 unspecified atom stereocenters. The number of piperidine rings is 1. The number of nitrogens with one attached hydrogen (secondary N) is 3. The monoisotopic (exact) mass is 876 g/mol. The lowest BCUT2D eigenvalue weighted by molar-refractivity contribution is -0.136. The fourth-order valence-electron chi connectivity index (χ4n) is 8.72. The first-order valence-electron chi connectivity index (χ1n) is 22.2. The molecule has 4 heterocycles. The number of carbonyl (C=O) groups excluding carboxylic acids is 5. The van der Waals surface area contributed by atoms with Gasteiger partial charge in [-0.25, -0.2) is 0 Å². The average Bonchev–Trinajstić information content (AvgIpc) is 4.00. The Kier molecular flexibility index (Phi) is 14.4. The van der Waals surface area contributed by atoms with Crippen molar-refractivity contribution in [2.45, 2.75) is 102 Å². The Hall–Kier alpha value is -5.25. The highest BCUT2D eigenvalue weighted by Gasteiger charge is 2.46. The molecule has 2 saturated heterocycles. The van der Waals surface area contributed by atoms with Crippen LogP contribution >= 0.6 is 11.3 Å². The van der Waals surface area contributed by atoms with Gasteiger partial charge in [-0.3, -0.25) is 34.2 Å². The van der Waals surface area contributed by atoms with Gasteiger partial charge in [-0.15, -0.1) is 11.3 Å². The van der Waals surface area contributed by atoms with Crippen LogP contribution in [-0.4, -0.2) is 98.1 Å². The Bertz CT molecular complexity index is 2320. The van der Waals surface area contributed by atoms with E-state index in [1.54, 1.807) is 12.1 Å². The molecule has 14 heteroatoms. The second kappa shape index (κ2) is 20.5. The number of ether oxygens (including phenoxy) is 4. The van der Waals surface area contributed by atoms with Crippen molar-refractivity contribution >= 4 is 40.7 Å². The van der Waals surface area contributed by atoms with Crippen LogP contribution in [0.5, 0.6) is 11.5 Å². The van der Waals surface area contributed by atoms with E-state index in [1.165, 1.54) is 26.9 Å². The predicted octanol–water partition coefficient (Wildman–Crippen LogP) is 6.75. The third kappa shape index (κ3) is 10.8. The van der Waals surface area contributed by atoms with Crippen molar-refractivity contribution in [3.63, 3.8) is 0 Å². The molecule has 63 heavy (non-hydrogen) atoms. The first-order chi connectivity index (χ1) is 30.6. The summed E-state index contributed by atoms with van der Waals surface area (Å²) in [4.78, 5) is 67.0. The van der Waals surface area contributed by atoms with Crippen molar-refractivity contribution < 1.29 is 42.9 Å².